The lowest BCUT2D eigenvalue weighted by atomic mass is 10.0. The number of carbonyl (C=O) groups excluding carboxylic acids is 1. The van der Waals surface area contributed by atoms with E-state index in [4.69, 9.17) is 0 Å². The van der Waals surface area contributed by atoms with Gasteiger partial charge in [-0.15, -0.1) is 0 Å². The van der Waals surface area contributed by atoms with Crippen molar-refractivity contribution >= 4 is 22.8 Å². The van der Waals surface area contributed by atoms with E-state index in [1.165, 1.54) is 0 Å². The van der Waals surface area contributed by atoms with Crippen LogP contribution in [-0.2, 0) is 4.79 Å². The smallest absolute Gasteiger partial charge is 0.244 e. The van der Waals surface area contributed by atoms with Crippen LogP contribution in [0.4, 0.5) is 0 Å². The summed E-state index contributed by atoms with van der Waals surface area (Å²) in [6.07, 6.45) is 1.12. The predicted molar refractivity (Wildman–Crippen MR) is 79.0 cm³/mol. The van der Waals surface area contributed by atoms with Gasteiger partial charge in [-0.25, -0.2) is 4.99 Å². The average Bonchev–Trinajstić information content (AvgIpc) is 2.24. The second-order valence-corrected chi connectivity index (χ2v) is 6.94. The maximum atomic E-state index is 11.8. The molecule has 1 unspecified atom stereocenters. The van der Waals surface area contributed by atoms with Gasteiger partial charge in [-0.3, -0.25) is 4.79 Å². The first kappa shape index (κ1) is 15.3. The van der Waals surface area contributed by atoms with Gasteiger partial charge in [0.15, 0.2) is 5.17 Å². The fourth-order valence-corrected chi connectivity index (χ4v) is 2.93. The van der Waals surface area contributed by atoms with Crippen LogP contribution in [0.15, 0.2) is 4.99 Å². The van der Waals surface area contributed by atoms with Crippen molar-refractivity contribution in [3.05, 3.63) is 0 Å². The van der Waals surface area contributed by atoms with Crippen LogP contribution in [0, 0.1) is 5.92 Å². The number of amidine groups is 1. The van der Waals surface area contributed by atoms with Gasteiger partial charge >= 0.3 is 0 Å². The van der Waals surface area contributed by atoms with Gasteiger partial charge in [0.1, 0.15) is 6.04 Å². The van der Waals surface area contributed by atoms with Crippen LogP contribution in [0.25, 0.3) is 0 Å². The van der Waals surface area contributed by atoms with Crippen LogP contribution in [0.3, 0.4) is 0 Å². The topological polar surface area (TPSA) is 53.5 Å². The van der Waals surface area contributed by atoms with Gasteiger partial charge in [0.2, 0.25) is 5.91 Å². The molecule has 0 aliphatic carbocycles. The number of nitrogens with one attached hydrogen (secondary N) is 2. The first-order valence-corrected chi connectivity index (χ1v) is 7.55. The summed E-state index contributed by atoms with van der Waals surface area (Å²) in [6.45, 7) is 11.0. The van der Waals surface area contributed by atoms with Gasteiger partial charge in [-0.05, 0) is 33.1 Å². The van der Waals surface area contributed by atoms with E-state index in [1.54, 1.807) is 11.8 Å². The minimum atomic E-state index is -0.326. The number of aliphatic imine (C=N–C) groups is 1. The Balaban J connectivity index is 2.51. The van der Waals surface area contributed by atoms with Crippen LogP contribution in [0.1, 0.15) is 41.0 Å². The SMILES string of the molecule is CC(C)CNC(=O)C(C)N=C1NC(C)(C)CCS1. The number of rotatable bonds is 4. The van der Waals surface area contributed by atoms with Crippen molar-refractivity contribution in [3.8, 4) is 0 Å². The Morgan fingerprint density at radius 1 is 1.50 bits per heavy atom. The maximum absolute atomic E-state index is 11.8. The van der Waals surface area contributed by atoms with E-state index in [0.717, 1.165) is 17.3 Å². The number of thioether (sulfide) groups is 1. The molecule has 0 aromatic rings. The molecule has 0 aromatic carbocycles. The van der Waals surface area contributed by atoms with E-state index in [1.807, 2.05) is 6.92 Å². The van der Waals surface area contributed by atoms with E-state index < -0.39 is 0 Å². The molecule has 1 aliphatic heterocycles. The second-order valence-electron chi connectivity index (χ2n) is 5.86. The van der Waals surface area contributed by atoms with Gasteiger partial charge in [-0.2, -0.15) is 0 Å². The van der Waals surface area contributed by atoms with Gasteiger partial charge in [-0.1, -0.05) is 25.6 Å². The average molecular weight is 271 g/mol. The second kappa shape index (κ2) is 6.45. The molecular formula is C13H25N3OS. The van der Waals surface area contributed by atoms with Crippen molar-refractivity contribution in [2.24, 2.45) is 10.9 Å². The Bertz CT molecular complexity index is 326. The summed E-state index contributed by atoms with van der Waals surface area (Å²) < 4.78 is 0. The molecule has 1 saturated heterocycles. The summed E-state index contributed by atoms with van der Waals surface area (Å²) in [4.78, 5) is 16.3. The van der Waals surface area contributed by atoms with Crippen molar-refractivity contribution in [1.29, 1.82) is 0 Å². The summed E-state index contributed by atoms with van der Waals surface area (Å²) in [5.74, 6) is 1.52. The van der Waals surface area contributed by atoms with Crippen molar-refractivity contribution in [2.75, 3.05) is 12.3 Å². The molecule has 0 spiro atoms. The number of hydrogen-bond donors (Lipinski definition) is 2. The van der Waals surface area contributed by atoms with Gasteiger partial charge in [0.05, 0.1) is 0 Å². The zero-order chi connectivity index (χ0) is 13.8. The van der Waals surface area contributed by atoms with Crippen molar-refractivity contribution < 1.29 is 4.79 Å². The minimum absolute atomic E-state index is 0.00183. The molecule has 1 atom stereocenters. The summed E-state index contributed by atoms with van der Waals surface area (Å²) in [6, 6.07) is -0.326. The van der Waals surface area contributed by atoms with E-state index in [0.29, 0.717) is 12.5 Å². The van der Waals surface area contributed by atoms with Crippen LogP contribution in [0.2, 0.25) is 0 Å². The molecule has 18 heavy (non-hydrogen) atoms. The Hall–Kier alpha value is -0.710. The van der Waals surface area contributed by atoms with Crippen LogP contribution in [-0.4, -0.2) is 35.0 Å². The molecule has 1 amide bonds. The van der Waals surface area contributed by atoms with Crippen molar-refractivity contribution in [1.82, 2.24) is 10.6 Å². The van der Waals surface area contributed by atoms with E-state index in [9.17, 15) is 4.79 Å². The van der Waals surface area contributed by atoms with Gasteiger partial charge in [0, 0.05) is 17.8 Å². The van der Waals surface area contributed by atoms with E-state index in [2.05, 4.69) is 43.3 Å². The number of nitrogens with zero attached hydrogens (tertiary/aromatic N) is 1. The lowest BCUT2D eigenvalue weighted by molar-refractivity contribution is -0.122. The molecule has 0 aromatic heterocycles. The summed E-state index contributed by atoms with van der Waals surface area (Å²) in [7, 11) is 0. The van der Waals surface area contributed by atoms with Crippen LogP contribution < -0.4 is 10.6 Å². The molecule has 1 fully saturated rings. The molecule has 4 nitrogen and oxygen atoms in total. The maximum Gasteiger partial charge on any atom is 0.244 e. The fraction of sp³-hybridized carbons (Fsp3) is 0.846. The molecule has 104 valence electrons. The zero-order valence-corrected chi connectivity index (χ0v) is 12.9. The predicted octanol–water partition coefficient (Wildman–Crippen LogP) is 2.01. The van der Waals surface area contributed by atoms with Gasteiger partial charge < -0.3 is 10.6 Å². The standard InChI is InChI=1S/C13H25N3OS/c1-9(2)8-14-11(17)10(3)15-12-16-13(4,5)6-7-18-12/h9-10H,6-8H2,1-5H3,(H,14,17)(H,15,16). The highest BCUT2D eigenvalue weighted by atomic mass is 32.2. The Kier molecular flexibility index (Phi) is 5.50. The number of carbonyl (C=O) groups is 1. The number of hydrogen-bond acceptors (Lipinski definition) is 3. The first-order valence-electron chi connectivity index (χ1n) is 6.56. The molecule has 2 N–H and O–H groups in total. The van der Waals surface area contributed by atoms with E-state index in [-0.39, 0.29) is 17.5 Å². The molecule has 0 saturated carbocycles. The Labute approximate surface area is 114 Å². The van der Waals surface area contributed by atoms with Crippen LogP contribution >= 0.6 is 11.8 Å². The summed E-state index contributed by atoms with van der Waals surface area (Å²) in [5.41, 5.74) is 0.0816. The highest BCUT2D eigenvalue weighted by molar-refractivity contribution is 8.13. The third-order valence-electron chi connectivity index (χ3n) is 2.79. The molecule has 1 heterocycles. The third kappa shape index (κ3) is 5.29. The largest absolute Gasteiger partial charge is 0.360 e. The lowest BCUT2D eigenvalue weighted by Gasteiger charge is -2.32. The molecule has 1 rings (SSSR count). The number of amides is 1. The summed E-state index contributed by atoms with van der Waals surface area (Å²) in [5, 5.41) is 7.17. The van der Waals surface area contributed by atoms with Gasteiger partial charge in [0.25, 0.3) is 0 Å². The molecule has 5 heteroatoms. The zero-order valence-electron chi connectivity index (χ0n) is 12.0. The molecule has 1 aliphatic rings. The monoisotopic (exact) mass is 271 g/mol. The van der Waals surface area contributed by atoms with Crippen molar-refractivity contribution in [2.45, 2.75) is 52.6 Å². The third-order valence-corrected chi connectivity index (χ3v) is 3.68. The quantitative estimate of drug-likeness (QED) is 0.822. The first-order chi connectivity index (χ1) is 8.30. The highest BCUT2D eigenvalue weighted by Gasteiger charge is 2.25. The van der Waals surface area contributed by atoms with E-state index >= 15 is 0 Å². The van der Waals surface area contributed by atoms with Crippen LogP contribution in [0.5, 0.6) is 0 Å². The lowest BCUT2D eigenvalue weighted by Crippen LogP contribution is -2.47. The fourth-order valence-electron chi connectivity index (χ4n) is 1.55. The summed E-state index contributed by atoms with van der Waals surface area (Å²) >= 11 is 1.69. The Morgan fingerprint density at radius 3 is 2.72 bits per heavy atom. The molecule has 0 bridgehead atoms. The molecule has 0 radical (unpaired) electrons. The molecular weight excluding hydrogens is 246 g/mol. The normalized spacial score (nSPS) is 22.7. The Morgan fingerprint density at radius 2 is 2.17 bits per heavy atom. The minimum Gasteiger partial charge on any atom is -0.360 e. The highest BCUT2D eigenvalue weighted by Crippen LogP contribution is 2.21. The van der Waals surface area contributed by atoms with Crippen molar-refractivity contribution in [3.63, 3.8) is 0 Å².